The minimum absolute atomic E-state index is 0.0335. The van der Waals surface area contributed by atoms with Crippen molar-refractivity contribution in [2.75, 3.05) is 13.2 Å². The topological polar surface area (TPSA) is 35.5 Å². The Balaban J connectivity index is 2.04. The fourth-order valence-electron chi connectivity index (χ4n) is 2.05. The highest BCUT2D eigenvalue weighted by atomic mass is 16.6. The molecule has 0 amide bonds. The van der Waals surface area contributed by atoms with Gasteiger partial charge in [0.15, 0.2) is 0 Å². The maximum absolute atomic E-state index is 11.5. The van der Waals surface area contributed by atoms with Crippen LogP contribution in [-0.4, -0.2) is 31.2 Å². The Morgan fingerprint density at radius 1 is 1.15 bits per heavy atom. The van der Waals surface area contributed by atoms with Crippen molar-refractivity contribution in [3.63, 3.8) is 0 Å². The molecule has 0 bridgehead atoms. The predicted molar refractivity (Wildman–Crippen MR) is 47.5 cm³/mol. The van der Waals surface area contributed by atoms with Crippen molar-refractivity contribution in [1.82, 2.24) is 0 Å². The van der Waals surface area contributed by atoms with Gasteiger partial charge < -0.3 is 9.47 Å². The monoisotopic (exact) mass is 184 g/mol. The lowest BCUT2D eigenvalue weighted by Crippen LogP contribution is -2.38. The molecular formula is C10H16O3. The van der Waals surface area contributed by atoms with Gasteiger partial charge in [-0.3, -0.25) is 4.79 Å². The average Bonchev–Trinajstić information content (AvgIpc) is 2.28. The van der Waals surface area contributed by atoms with Gasteiger partial charge in [0.25, 0.3) is 0 Å². The van der Waals surface area contributed by atoms with Crippen LogP contribution in [0, 0.1) is 5.92 Å². The first-order chi connectivity index (χ1) is 6.27. The molecule has 1 aliphatic heterocycles. The molecule has 0 aromatic rings. The summed E-state index contributed by atoms with van der Waals surface area (Å²) >= 11 is 0. The summed E-state index contributed by atoms with van der Waals surface area (Å²) in [5, 5.41) is 0. The molecule has 3 heteroatoms. The van der Waals surface area contributed by atoms with Crippen LogP contribution in [0.5, 0.6) is 0 Å². The van der Waals surface area contributed by atoms with Crippen LogP contribution in [0.25, 0.3) is 0 Å². The number of Topliss-reactive ketones (excluding diaryl/α,β-unsaturated/α-hetero) is 1. The summed E-state index contributed by atoms with van der Waals surface area (Å²) in [6.45, 7) is 3.33. The van der Waals surface area contributed by atoms with Crippen molar-refractivity contribution in [2.24, 2.45) is 5.92 Å². The number of carbonyl (C=O) groups is 1. The van der Waals surface area contributed by atoms with E-state index in [-0.39, 0.29) is 18.1 Å². The van der Waals surface area contributed by atoms with Gasteiger partial charge in [0, 0.05) is 12.3 Å². The van der Waals surface area contributed by atoms with E-state index in [1.54, 1.807) is 0 Å². The van der Waals surface area contributed by atoms with Gasteiger partial charge >= 0.3 is 0 Å². The molecule has 13 heavy (non-hydrogen) atoms. The fraction of sp³-hybridized carbons (Fsp3) is 0.900. The highest BCUT2D eigenvalue weighted by molar-refractivity contribution is 5.81. The number of ketones is 1. The molecule has 0 aromatic carbocycles. The van der Waals surface area contributed by atoms with E-state index in [2.05, 4.69) is 0 Å². The van der Waals surface area contributed by atoms with Gasteiger partial charge in [-0.2, -0.15) is 0 Å². The molecule has 2 fully saturated rings. The third-order valence-corrected chi connectivity index (χ3v) is 3.00. The molecule has 1 aliphatic carbocycles. The summed E-state index contributed by atoms with van der Waals surface area (Å²) in [6.07, 6.45) is 2.67. The Labute approximate surface area is 78.4 Å². The van der Waals surface area contributed by atoms with E-state index in [1.807, 2.05) is 6.92 Å². The van der Waals surface area contributed by atoms with Gasteiger partial charge in [-0.25, -0.2) is 0 Å². The van der Waals surface area contributed by atoms with Crippen molar-refractivity contribution in [3.05, 3.63) is 0 Å². The van der Waals surface area contributed by atoms with E-state index < -0.39 is 0 Å². The molecule has 2 rings (SSSR count). The van der Waals surface area contributed by atoms with Gasteiger partial charge in [0.1, 0.15) is 5.78 Å². The van der Waals surface area contributed by atoms with Gasteiger partial charge in [-0.15, -0.1) is 0 Å². The van der Waals surface area contributed by atoms with Crippen molar-refractivity contribution >= 4 is 5.78 Å². The second-order valence-corrected chi connectivity index (χ2v) is 3.97. The first kappa shape index (κ1) is 9.16. The van der Waals surface area contributed by atoms with Crippen LogP contribution >= 0.6 is 0 Å². The maximum atomic E-state index is 11.5. The predicted octanol–water partition coefficient (Wildman–Crippen LogP) is 1.16. The van der Waals surface area contributed by atoms with Crippen LogP contribution in [0.2, 0.25) is 0 Å². The Kier molecular flexibility index (Phi) is 2.65. The smallest absolute Gasteiger partial charge is 0.138 e. The lowest BCUT2D eigenvalue weighted by Gasteiger charge is -2.29. The molecule has 74 valence electrons. The molecule has 1 saturated carbocycles. The van der Waals surface area contributed by atoms with E-state index in [0.29, 0.717) is 25.4 Å². The maximum Gasteiger partial charge on any atom is 0.138 e. The Morgan fingerprint density at radius 2 is 1.85 bits per heavy atom. The van der Waals surface area contributed by atoms with Crippen molar-refractivity contribution < 1.29 is 14.3 Å². The number of carbonyl (C=O) groups excluding carboxylic acids is 1. The second-order valence-electron chi connectivity index (χ2n) is 3.97. The molecule has 1 saturated heterocycles. The average molecular weight is 184 g/mol. The summed E-state index contributed by atoms with van der Waals surface area (Å²) in [5.41, 5.74) is 0. The first-order valence-electron chi connectivity index (χ1n) is 5.03. The van der Waals surface area contributed by atoms with Crippen LogP contribution in [0.15, 0.2) is 0 Å². The molecule has 3 atom stereocenters. The van der Waals surface area contributed by atoms with E-state index in [1.165, 1.54) is 0 Å². The molecular weight excluding hydrogens is 168 g/mol. The normalized spacial score (nSPS) is 41.0. The molecule has 3 nitrogen and oxygen atoms in total. The van der Waals surface area contributed by atoms with Crippen molar-refractivity contribution in [1.29, 1.82) is 0 Å². The van der Waals surface area contributed by atoms with Crippen molar-refractivity contribution in [3.8, 4) is 0 Å². The molecule has 0 aromatic heterocycles. The second kappa shape index (κ2) is 3.76. The summed E-state index contributed by atoms with van der Waals surface area (Å²) in [6, 6.07) is 0. The SMILES string of the molecule is CC1CCC2OCCOC2CC1=O. The number of rotatable bonds is 0. The third-order valence-electron chi connectivity index (χ3n) is 3.00. The molecule has 3 unspecified atom stereocenters. The zero-order chi connectivity index (χ0) is 9.26. The lowest BCUT2D eigenvalue weighted by molar-refractivity contribution is -0.147. The molecule has 0 radical (unpaired) electrons. The van der Waals surface area contributed by atoms with Gasteiger partial charge in [-0.05, 0) is 12.8 Å². The number of hydrogen-bond acceptors (Lipinski definition) is 3. The van der Waals surface area contributed by atoms with E-state index >= 15 is 0 Å². The van der Waals surface area contributed by atoms with E-state index in [0.717, 1.165) is 12.8 Å². The van der Waals surface area contributed by atoms with E-state index in [9.17, 15) is 4.79 Å². The third kappa shape index (κ3) is 1.92. The number of fused-ring (bicyclic) bond motifs is 1. The van der Waals surface area contributed by atoms with Crippen LogP contribution in [0.3, 0.4) is 0 Å². The summed E-state index contributed by atoms with van der Waals surface area (Å²) < 4.78 is 11.1. The quantitative estimate of drug-likeness (QED) is 0.566. The van der Waals surface area contributed by atoms with Gasteiger partial charge in [0.05, 0.1) is 25.4 Å². The number of hydrogen-bond donors (Lipinski definition) is 0. The van der Waals surface area contributed by atoms with Crippen LogP contribution in [-0.2, 0) is 14.3 Å². The molecule has 2 aliphatic rings. The number of ether oxygens (including phenoxy) is 2. The zero-order valence-corrected chi connectivity index (χ0v) is 7.99. The minimum Gasteiger partial charge on any atom is -0.373 e. The summed E-state index contributed by atoms with van der Waals surface area (Å²) in [7, 11) is 0. The Morgan fingerprint density at radius 3 is 2.62 bits per heavy atom. The summed E-state index contributed by atoms with van der Waals surface area (Å²) in [5.74, 6) is 0.524. The van der Waals surface area contributed by atoms with Crippen LogP contribution < -0.4 is 0 Å². The highest BCUT2D eigenvalue weighted by Gasteiger charge is 2.33. The highest BCUT2D eigenvalue weighted by Crippen LogP contribution is 2.26. The lowest BCUT2D eigenvalue weighted by atomic mass is 10.0. The van der Waals surface area contributed by atoms with Crippen LogP contribution in [0.1, 0.15) is 26.2 Å². The first-order valence-corrected chi connectivity index (χ1v) is 5.03. The molecule has 0 N–H and O–H groups in total. The molecule has 0 spiro atoms. The Hall–Kier alpha value is -0.410. The molecule has 1 heterocycles. The zero-order valence-electron chi connectivity index (χ0n) is 7.99. The van der Waals surface area contributed by atoms with E-state index in [4.69, 9.17) is 9.47 Å². The standard InChI is InChI=1S/C10H16O3/c1-7-2-3-9-10(6-8(7)11)13-5-4-12-9/h7,9-10H,2-6H2,1H3. The minimum atomic E-state index is 0.0335. The van der Waals surface area contributed by atoms with Crippen LogP contribution in [0.4, 0.5) is 0 Å². The fourth-order valence-corrected chi connectivity index (χ4v) is 2.05. The van der Waals surface area contributed by atoms with Gasteiger partial charge in [0.2, 0.25) is 0 Å². The largest absolute Gasteiger partial charge is 0.373 e. The summed E-state index contributed by atoms with van der Waals surface area (Å²) in [4.78, 5) is 11.5. The van der Waals surface area contributed by atoms with Crippen molar-refractivity contribution in [2.45, 2.75) is 38.4 Å². The van der Waals surface area contributed by atoms with Gasteiger partial charge in [-0.1, -0.05) is 6.92 Å². The Bertz CT molecular complexity index is 202.